The van der Waals surface area contributed by atoms with Crippen LogP contribution in [0.4, 0.5) is 0 Å². The van der Waals surface area contributed by atoms with Gasteiger partial charge in [0.2, 0.25) is 0 Å². The average molecular weight is 457 g/mol. The summed E-state index contributed by atoms with van der Waals surface area (Å²) in [5.74, 6) is 2.26. The van der Waals surface area contributed by atoms with Crippen LogP contribution < -0.4 is 15.9 Å². The number of hydrogen-bond donors (Lipinski definition) is 0. The van der Waals surface area contributed by atoms with Gasteiger partial charge in [-0.05, 0) is 0 Å². The number of benzene rings is 4. The van der Waals surface area contributed by atoms with Crippen molar-refractivity contribution >= 4 is 42.8 Å². The Bertz CT molecular complexity index is 1030. The van der Waals surface area contributed by atoms with Crippen molar-refractivity contribution in [3.8, 4) is 0 Å². The van der Waals surface area contributed by atoms with Gasteiger partial charge in [-0.25, -0.2) is 0 Å². The van der Waals surface area contributed by atoms with Gasteiger partial charge in [0, 0.05) is 0 Å². The van der Waals surface area contributed by atoms with Gasteiger partial charge in [-0.3, -0.25) is 0 Å². The quantitative estimate of drug-likeness (QED) is 0.233. The van der Waals surface area contributed by atoms with Gasteiger partial charge < -0.3 is 0 Å². The fourth-order valence-corrected chi connectivity index (χ4v) is 10.1. The Hall–Kier alpha value is -2.69. The van der Waals surface area contributed by atoms with Crippen LogP contribution >= 0.6 is 20.8 Å². The van der Waals surface area contributed by atoms with E-state index in [9.17, 15) is 0 Å². The van der Waals surface area contributed by atoms with Crippen LogP contribution in [0.5, 0.6) is 0 Å². The summed E-state index contributed by atoms with van der Waals surface area (Å²) in [6.07, 6.45) is 2.05. The molecule has 0 heterocycles. The fraction of sp³-hybridized carbons (Fsp3) is 0. The van der Waals surface area contributed by atoms with Crippen LogP contribution in [-0.2, 0) is 0 Å². The number of halogens is 1. The zero-order valence-electron chi connectivity index (χ0n) is 16.0. The molecule has 0 spiro atoms. The molecule has 0 radical (unpaired) electrons. The molecule has 4 aromatic carbocycles. The van der Waals surface area contributed by atoms with Crippen molar-refractivity contribution in [3.63, 3.8) is 0 Å². The summed E-state index contributed by atoms with van der Waals surface area (Å²) < 4.78 is 0. The van der Waals surface area contributed by atoms with Gasteiger partial charge in [-0.2, -0.15) is 0 Å². The molecule has 0 bridgehead atoms. The van der Waals surface area contributed by atoms with Gasteiger partial charge >= 0.3 is 181 Å². The molecule has 142 valence electrons. The molecule has 0 nitrogen and oxygen atoms in total. The molecular formula is C27H22BrP. The molecule has 0 saturated carbocycles. The summed E-state index contributed by atoms with van der Waals surface area (Å²) in [5, 5.41) is 0.718. The van der Waals surface area contributed by atoms with E-state index in [1.54, 1.807) is 0 Å². The zero-order chi connectivity index (χ0) is 20.0. The standard InChI is InChI=1S/C27H22BrP/c28-29(25-17-7-2-8-18-25,26-19-9-3-10-20-26,27-21-11-4-12-22-27)23-13-16-24-14-5-1-6-15-24/h1-12,14-23H. The molecule has 0 aromatic heterocycles. The van der Waals surface area contributed by atoms with Crippen molar-refractivity contribution in [3.05, 3.63) is 138 Å². The summed E-state index contributed by atoms with van der Waals surface area (Å²) >= 11 is 4.38. The first-order chi connectivity index (χ1) is 14.2. The molecular weight excluding hydrogens is 435 g/mol. The van der Waals surface area contributed by atoms with Crippen LogP contribution in [0, 0.1) is 0 Å². The maximum absolute atomic E-state index is 4.38. The van der Waals surface area contributed by atoms with E-state index >= 15 is 0 Å². The molecule has 0 aliphatic heterocycles. The molecule has 0 aliphatic carbocycles. The Balaban J connectivity index is 2.06. The van der Waals surface area contributed by atoms with E-state index in [4.69, 9.17) is 0 Å². The SMILES string of the molecule is BrP(C=C=Cc1ccccc1)(c1ccccc1)(c1ccccc1)c1ccccc1. The second kappa shape index (κ2) is 8.36. The normalized spacial score (nSPS) is 12.2. The van der Waals surface area contributed by atoms with Crippen molar-refractivity contribution in [1.82, 2.24) is 0 Å². The van der Waals surface area contributed by atoms with Crippen LogP contribution in [-0.4, -0.2) is 0 Å². The Morgan fingerprint density at radius 2 is 0.862 bits per heavy atom. The minimum atomic E-state index is -3.05. The van der Waals surface area contributed by atoms with Gasteiger partial charge in [0.05, 0.1) is 0 Å². The molecule has 0 saturated heterocycles. The molecule has 29 heavy (non-hydrogen) atoms. The number of hydrogen-bond acceptors (Lipinski definition) is 0. The summed E-state index contributed by atoms with van der Waals surface area (Å²) in [4.78, 5) is 0. The van der Waals surface area contributed by atoms with Crippen molar-refractivity contribution in [2.75, 3.05) is 0 Å². The van der Waals surface area contributed by atoms with Crippen LogP contribution in [0.15, 0.2) is 133 Å². The molecule has 0 N–H and O–H groups in total. The molecule has 2 heteroatoms. The van der Waals surface area contributed by atoms with E-state index in [0.717, 1.165) is 5.56 Å². The maximum atomic E-state index is 4.38. The van der Waals surface area contributed by atoms with E-state index < -0.39 is 5.31 Å². The molecule has 0 amide bonds. The summed E-state index contributed by atoms with van der Waals surface area (Å²) in [6, 6.07) is 42.5. The van der Waals surface area contributed by atoms with Crippen molar-refractivity contribution in [2.24, 2.45) is 0 Å². The first-order valence-corrected chi connectivity index (χ1v) is 13.9. The molecule has 0 unspecified atom stereocenters. The topological polar surface area (TPSA) is 0 Å². The summed E-state index contributed by atoms with van der Waals surface area (Å²) in [6.45, 7) is 0. The second-order valence-electron chi connectivity index (χ2n) is 6.93. The van der Waals surface area contributed by atoms with Gasteiger partial charge in [0.15, 0.2) is 0 Å². The van der Waals surface area contributed by atoms with Crippen LogP contribution in [0.1, 0.15) is 5.56 Å². The average Bonchev–Trinajstić information content (AvgIpc) is 2.81. The summed E-state index contributed by atoms with van der Waals surface area (Å²) in [5.41, 5.74) is 4.67. The first kappa shape index (κ1) is 19.6. The van der Waals surface area contributed by atoms with E-state index in [-0.39, 0.29) is 0 Å². The third-order valence-corrected chi connectivity index (χ3v) is 14.0. The van der Waals surface area contributed by atoms with E-state index in [1.807, 2.05) is 18.2 Å². The Kier molecular flexibility index (Phi) is 5.65. The zero-order valence-corrected chi connectivity index (χ0v) is 18.5. The molecule has 4 aromatic rings. The van der Waals surface area contributed by atoms with Crippen LogP contribution in [0.3, 0.4) is 0 Å². The molecule has 0 aliphatic rings. The monoisotopic (exact) mass is 456 g/mol. The summed E-state index contributed by atoms with van der Waals surface area (Å²) in [7, 11) is 0. The van der Waals surface area contributed by atoms with E-state index in [2.05, 4.69) is 136 Å². The minimum absolute atomic E-state index is 1.13. The van der Waals surface area contributed by atoms with Crippen molar-refractivity contribution in [2.45, 2.75) is 0 Å². The fourth-order valence-electron chi connectivity index (χ4n) is 3.65. The first-order valence-electron chi connectivity index (χ1n) is 9.61. The Morgan fingerprint density at radius 3 is 1.24 bits per heavy atom. The second-order valence-corrected chi connectivity index (χ2v) is 15.3. The van der Waals surface area contributed by atoms with Gasteiger partial charge in [0.1, 0.15) is 0 Å². The third-order valence-electron chi connectivity index (χ3n) is 5.15. The van der Waals surface area contributed by atoms with Crippen LogP contribution in [0.25, 0.3) is 6.08 Å². The van der Waals surface area contributed by atoms with E-state index in [0.29, 0.717) is 0 Å². The Labute approximate surface area is 180 Å². The van der Waals surface area contributed by atoms with Crippen molar-refractivity contribution in [1.29, 1.82) is 0 Å². The van der Waals surface area contributed by atoms with Crippen molar-refractivity contribution < 1.29 is 0 Å². The van der Waals surface area contributed by atoms with Gasteiger partial charge in [-0.1, -0.05) is 0 Å². The predicted molar refractivity (Wildman–Crippen MR) is 133 cm³/mol. The molecule has 0 atom stereocenters. The number of rotatable bonds is 5. The molecule has 0 fully saturated rings. The van der Waals surface area contributed by atoms with Gasteiger partial charge in [0.25, 0.3) is 0 Å². The third kappa shape index (κ3) is 3.66. The van der Waals surface area contributed by atoms with Gasteiger partial charge in [-0.15, -0.1) is 0 Å². The molecule has 4 rings (SSSR count). The van der Waals surface area contributed by atoms with Crippen LogP contribution in [0.2, 0.25) is 0 Å². The van der Waals surface area contributed by atoms with E-state index in [1.165, 1.54) is 15.9 Å². The predicted octanol–water partition coefficient (Wildman–Crippen LogP) is 6.65. The Morgan fingerprint density at radius 1 is 0.517 bits per heavy atom.